The van der Waals surface area contributed by atoms with Gasteiger partial charge in [-0.05, 0) is 55.2 Å². The average molecular weight is 421 g/mol. The molecule has 6 heteroatoms. The highest BCUT2D eigenvalue weighted by atomic mass is 32.2. The molecule has 0 radical (unpaired) electrons. The summed E-state index contributed by atoms with van der Waals surface area (Å²) >= 11 is 0. The zero-order chi connectivity index (χ0) is 21.0. The topological polar surface area (TPSA) is 57.7 Å². The van der Waals surface area contributed by atoms with Crippen molar-refractivity contribution >= 4 is 15.9 Å². The van der Waals surface area contributed by atoms with Crippen molar-refractivity contribution in [1.82, 2.24) is 9.21 Å². The molecule has 1 aromatic rings. The van der Waals surface area contributed by atoms with E-state index < -0.39 is 10.0 Å². The lowest BCUT2D eigenvalue weighted by atomic mass is 9.72. The van der Waals surface area contributed by atoms with E-state index >= 15 is 0 Å². The van der Waals surface area contributed by atoms with E-state index in [1.54, 1.807) is 12.1 Å². The van der Waals surface area contributed by atoms with Crippen LogP contribution in [0.5, 0.6) is 0 Å². The van der Waals surface area contributed by atoms with Gasteiger partial charge in [0.05, 0.1) is 4.90 Å². The number of amides is 1. The number of carbonyl (C=O) groups excluding carboxylic acids is 1. The largest absolute Gasteiger partial charge is 0.339 e. The molecule has 0 spiro atoms. The van der Waals surface area contributed by atoms with Gasteiger partial charge in [0.15, 0.2) is 0 Å². The number of sulfonamides is 1. The zero-order valence-corrected chi connectivity index (χ0v) is 19.0. The van der Waals surface area contributed by atoms with Crippen LogP contribution in [0.2, 0.25) is 0 Å². The van der Waals surface area contributed by atoms with Crippen LogP contribution in [-0.4, -0.2) is 49.2 Å². The molecule has 1 aliphatic carbocycles. The highest BCUT2D eigenvalue weighted by Crippen LogP contribution is 2.39. The number of benzene rings is 1. The number of carbonyl (C=O) groups is 1. The maximum absolute atomic E-state index is 12.9. The van der Waals surface area contributed by atoms with E-state index in [1.165, 1.54) is 23.6 Å². The Hall–Kier alpha value is -1.40. The Morgan fingerprint density at radius 2 is 1.72 bits per heavy atom. The first-order chi connectivity index (χ1) is 13.9. The van der Waals surface area contributed by atoms with Gasteiger partial charge in [-0.1, -0.05) is 45.7 Å². The van der Waals surface area contributed by atoms with Crippen LogP contribution in [0.15, 0.2) is 29.2 Å². The maximum Gasteiger partial charge on any atom is 0.243 e. The first-order valence-corrected chi connectivity index (χ1v) is 12.7. The minimum Gasteiger partial charge on any atom is -0.339 e. The molecule has 0 aromatic heterocycles. The molecule has 3 rings (SSSR count). The molecule has 3 atom stereocenters. The van der Waals surface area contributed by atoms with Gasteiger partial charge in [-0.3, -0.25) is 4.79 Å². The number of hydrogen-bond acceptors (Lipinski definition) is 3. The van der Waals surface area contributed by atoms with Crippen LogP contribution in [0.25, 0.3) is 0 Å². The second-order valence-corrected chi connectivity index (χ2v) is 10.5. The third-order valence-electron chi connectivity index (χ3n) is 6.95. The maximum atomic E-state index is 12.9. The highest BCUT2D eigenvalue weighted by molar-refractivity contribution is 7.89. The van der Waals surface area contributed by atoms with Gasteiger partial charge in [-0.15, -0.1) is 0 Å². The summed E-state index contributed by atoms with van der Waals surface area (Å²) in [7, 11) is -3.43. The second kappa shape index (κ2) is 9.61. The van der Waals surface area contributed by atoms with Crippen LogP contribution in [-0.2, 0) is 21.2 Å². The number of hydrogen-bond donors (Lipinski definition) is 0. The van der Waals surface area contributed by atoms with Gasteiger partial charge in [0.1, 0.15) is 0 Å². The van der Waals surface area contributed by atoms with Crippen LogP contribution in [0.3, 0.4) is 0 Å². The molecule has 29 heavy (non-hydrogen) atoms. The quantitative estimate of drug-likeness (QED) is 0.668. The molecular weight excluding hydrogens is 384 g/mol. The van der Waals surface area contributed by atoms with Crippen molar-refractivity contribution < 1.29 is 13.2 Å². The fraction of sp³-hybridized carbons (Fsp3) is 0.696. The van der Waals surface area contributed by atoms with Gasteiger partial charge in [-0.25, -0.2) is 8.42 Å². The molecule has 0 N–H and O–H groups in total. The number of nitrogens with zero attached hydrogens (tertiary/aromatic N) is 2. The monoisotopic (exact) mass is 420 g/mol. The summed E-state index contributed by atoms with van der Waals surface area (Å²) in [6.07, 6.45) is 7.23. The SMILES string of the molecule is CCN(CC)S(=O)(=O)c1ccc(CCC(=O)N2CCC(C)C3CCCCC32)cc1. The van der Waals surface area contributed by atoms with E-state index in [0.29, 0.717) is 42.8 Å². The number of rotatable bonds is 7. The number of aryl methyl sites for hydroxylation is 1. The number of piperidine rings is 1. The van der Waals surface area contributed by atoms with Crippen molar-refractivity contribution in [2.45, 2.75) is 76.7 Å². The van der Waals surface area contributed by atoms with E-state index in [9.17, 15) is 13.2 Å². The molecule has 3 unspecified atom stereocenters. The van der Waals surface area contributed by atoms with E-state index in [-0.39, 0.29) is 5.91 Å². The van der Waals surface area contributed by atoms with Gasteiger partial charge in [0, 0.05) is 32.1 Å². The molecule has 0 bridgehead atoms. The van der Waals surface area contributed by atoms with Gasteiger partial charge in [0.2, 0.25) is 15.9 Å². The van der Waals surface area contributed by atoms with Crippen molar-refractivity contribution in [2.24, 2.45) is 11.8 Å². The summed E-state index contributed by atoms with van der Waals surface area (Å²) in [5, 5.41) is 0. The first kappa shape index (κ1) is 22.3. The Labute approximate surface area is 176 Å². The highest BCUT2D eigenvalue weighted by Gasteiger charge is 2.39. The normalized spacial score (nSPS) is 25.1. The van der Waals surface area contributed by atoms with Gasteiger partial charge >= 0.3 is 0 Å². The Kier molecular flexibility index (Phi) is 7.38. The van der Waals surface area contributed by atoms with Crippen molar-refractivity contribution in [2.75, 3.05) is 19.6 Å². The summed E-state index contributed by atoms with van der Waals surface area (Å²) in [6, 6.07) is 7.48. The second-order valence-electron chi connectivity index (χ2n) is 8.60. The predicted molar refractivity (Wildman–Crippen MR) is 116 cm³/mol. The molecule has 1 aromatic carbocycles. The molecule has 1 saturated carbocycles. The minimum absolute atomic E-state index is 0.258. The van der Waals surface area contributed by atoms with Crippen LogP contribution in [0.1, 0.15) is 64.9 Å². The van der Waals surface area contributed by atoms with Crippen molar-refractivity contribution in [3.05, 3.63) is 29.8 Å². The molecule has 162 valence electrons. The Balaban J connectivity index is 1.60. The Morgan fingerprint density at radius 1 is 1.07 bits per heavy atom. The lowest BCUT2D eigenvalue weighted by molar-refractivity contribution is -0.139. The third-order valence-corrected chi connectivity index (χ3v) is 9.02. The Morgan fingerprint density at radius 3 is 2.38 bits per heavy atom. The molecular formula is C23H36N2O3S. The minimum atomic E-state index is -3.43. The van der Waals surface area contributed by atoms with E-state index in [4.69, 9.17) is 0 Å². The molecule has 1 aliphatic heterocycles. The van der Waals surface area contributed by atoms with Gasteiger partial charge < -0.3 is 4.90 Å². The van der Waals surface area contributed by atoms with Crippen molar-refractivity contribution in [3.63, 3.8) is 0 Å². The standard InChI is InChI=1S/C23H36N2O3S/c1-4-24(5-2)29(27,28)20-13-10-19(11-14-20)12-15-23(26)25-17-16-18(3)21-8-6-7-9-22(21)25/h10-11,13-14,18,21-22H,4-9,12,15-17H2,1-3H3. The van der Waals surface area contributed by atoms with Crippen LogP contribution in [0, 0.1) is 11.8 Å². The molecule has 1 heterocycles. The number of fused-ring (bicyclic) bond motifs is 1. The van der Waals surface area contributed by atoms with Crippen LogP contribution in [0.4, 0.5) is 0 Å². The average Bonchev–Trinajstić information content (AvgIpc) is 2.73. The smallest absolute Gasteiger partial charge is 0.243 e. The van der Waals surface area contributed by atoms with Crippen molar-refractivity contribution in [1.29, 1.82) is 0 Å². The first-order valence-electron chi connectivity index (χ1n) is 11.3. The lowest BCUT2D eigenvalue weighted by Crippen LogP contribution is -2.52. The molecule has 2 aliphatic rings. The Bertz CT molecular complexity index is 787. The molecule has 1 amide bonds. The summed E-state index contributed by atoms with van der Waals surface area (Å²) in [5.74, 6) is 1.66. The molecule has 5 nitrogen and oxygen atoms in total. The molecule has 2 fully saturated rings. The molecule has 1 saturated heterocycles. The fourth-order valence-corrected chi connectivity index (χ4v) is 6.62. The van der Waals surface area contributed by atoms with Crippen LogP contribution >= 0.6 is 0 Å². The van der Waals surface area contributed by atoms with E-state index in [1.807, 2.05) is 26.0 Å². The summed E-state index contributed by atoms with van der Waals surface area (Å²) in [5.41, 5.74) is 1.02. The predicted octanol–water partition coefficient (Wildman–Crippen LogP) is 4.08. The van der Waals surface area contributed by atoms with E-state index in [0.717, 1.165) is 30.9 Å². The number of likely N-dealkylation sites (tertiary alicyclic amines) is 1. The van der Waals surface area contributed by atoms with E-state index in [2.05, 4.69) is 11.8 Å². The van der Waals surface area contributed by atoms with Gasteiger partial charge in [-0.2, -0.15) is 4.31 Å². The summed E-state index contributed by atoms with van der Waals surface area (Å²) in [4.78, 5) is 15.4. The summed E-state index contributed by atoms with van der Waals surface area (Å²) in [6.45, 7) is 7.86. The van der Waals surface area contributed by atoms with Crippen molar-refractivity contribution in [3.8, 4) is 0 Å². The van der Waals surface area contributed by atoms with Crippen LogP contribution < -0.4 is 0 Å². The third kappa shape index (κ3) is 4.85. The zero-order valence-electron chi connectivity index (χ0n) is 18.1. The summed E-state index contributed by atoms with van der Waals surface area (Å²) < 4.78 is 26.7. The fourth-order valence-electron chi connectivity index (χ4n) is 5.16. The van der Waals surface area contributed by atoms with Gasteiger partial charge in [0.25, 0.3) is 0 Å². The lowest BCUT2D eigenvalue weighted by Gasteiger charge is -2.47.